The van der Waals surface area contributed by atoms with E-state index in [2.05, 4.69) is 10.1 Å². The number of benzene rings is 1. The molecule has 1 N–H and O–H groups in total. The van der Waals surface area contributed by atoms with Gasteiger partial charge < -0.3 is 0 Å². The lowest BCUT2D eigenvalue weighted by Gasteiger charge is -2.14. The zero-order chi connectivity index (χ0) is 12.0. The molecule has 1 aromatic heterocycles. The molecule has 0 fully saturated rings. The molecule has 2 aromatic rings. The van der Waals surface area contributed by atoms with Gasteiger partial charge in [0.1, 0.15) is 0 Å². The number of fused-ring (bicyclic) bond motifs is 1. The van der Waals surface area contributed by atoms with Crippen molar-refractivity contribution in [3.8, 4) is 0 Å². The van der Waals surface area contributed by atoms with Crippen LogP contribution >= 0.6 is 0 Å². The first-order chi connectivity index (χ1) is 8.15. The summed E-state index contributed by atoms with van der Waals surface area (Å²) in [5, 5.41) is 2.38. The largest absolute Gasteiger partial charge is 0.362 e. The van der Waals surface area contributed by atoms with E-state index in [-0.39, 0.29) is 6.03 Å². The number of nitrogens with one attached hydrogen (secondary N) is 1. The maximum absolute atomic E-state index is 12.0. The van der Waals surface area contributed by atoms with Crippen LogP contribution in [0.2, 0.25) is 0 Å². The SMILES string of the molecule is Cc1cccc(N2Cc3nc(=O)[nH]n3C2=O)c1. The third-order valence-corrected chi connectivity index (χ3v) is 2.73. The predicted molar refractivity (Wildman–Crippen MR) is 61.0 cm³/mol. The Morgan fingerprint density at radius 1 is 1.35 bits per heavy atom. The molecule has 6 heteroatoms. The molecule has 1 aliphatic heterocycles. The molecule has 86 valence electrons. The first kappa shape index (κ1) is 9.83. The molecule has 0 saturated heterocycles. The van der Waals surface area contributed by atoms with Crippen molar-refractivity contribution in [3.05, 3.63) is 46.1 Å². The van der Waals surface area contributed by atoms with Gasteiger partial charge in [-0.05, 0) is 24.6 Å². The predicted octanol–water partition coefficient (Wildman–Crippen LogP) is 0.868. The van der Waals surface area contributed by atoms with Gasteiger partial charge in [0, 0.05) is 5.69 Å². The second kappa shape index (κ2) is 3.31. The lowest BCUT2D eigenvalue weighted by molar-refractivity contribution is 0.248. The van der Waals surface area contributed by atoms with E-state index in [0.29, 0.717) is 12.4 Å². The number of H-pyrrole nitrogens is 1. The van der Waals surface area contributed by atoms with Crippen molar-refractivity contribution in [1.29, 1.82) is 0 Å². The number of anilines is 1. The highest BCUT2D eigenvalue weighted by Gasteiger charge is 2.30. The molecule has 0 spiro atoms. The average Bonchev–Trinajstić information content (AvgIpc) is 2.78. The van der Waals surface area contributed by atoms with E-state index in [1.165, 1.54) is 4.68 Å². The summed E-state index contributed by atoms with van der Waals surface area (Å²) < 4.78 is 1.19. The van der Waals surface area contributed by atoms with Crippen molar-refractivity contribution in [1.82, 2.24) is 14.8 Å². The van der Waals surface area contributed by atoms with Crippen LogP contribution in [-0.2, 0) is 6.54 Å². The van der Waals surface area contributed by atoms with Crippen LogP contribution in [0.15, 0.2) is 29.1 Å². The fourth-order valence-corrected chi connectivity index (χ4v) is 1.94. The van der Waals surface area contributed by atoms with E-state index in [9.17, 15) is 9.59 Å². The second-order valence-corrected chi connectivity index (χ2v) is 3.99. The minimum absolute atomic E-state index is 0.278. The van der Waals surface area contributed by atoms with Gasteiger partial charge in [-0.1, -0.05) is 12.1 Å². The molecule has 6 nitrogen and oxygen atoms in total. The lowest BCUT2D eigenvalue weighted by Crippen LogP contribution is -2.28. The fourth-order valence-electron chi connectivity index (χ4n) is 1.94. The molecule has 1 aliphatic rings. The molecule has 0 unspecified atom stereocenters. The van der Waals surface area contributed by atoms with Crippen molar-refractivity contribution in [3.63, 3.8) is 0 Å². The Hall–Kier alpha value is -2.37. The molecule has 17 heavy (non-hydrogen) atoms. The van der Waals surface area contributed by atoms with Gasteiger partial charge in [0.15, 0.2) is 5.82 Å². The first-order valence-electron chi connectivity index (χ1n) is 5.21. The summed E-state index contributed by atoms with van der Waals surface area (Å²) in [4.78, 5) is 28.3. The summed E-state index contributed by atoms with van der Waals surface area (Å²) in [7, 11) is 0. The molecule has 0 atom stereocenters. The highest BCUT2D eigenvalue weighted by molar-refractivity contribution is 5.95. The van der Waals surface area contributed by atoms with Crippen molar-refractivity contribution in [2.45, 2.75) is 13.5 Å². The minimum Gasteiger partial charge on any atom is -0.285 e. The zero-order valence-electron chi connectivity index (χ0n) is 9.17. The molecular weight excluding hydrogens is 220 g/mol. The first-order valence-corrected chi connectivity index (χ1v) is 5.21. The number of carbonyl (C=O) groups excluding carboxylic acids is 1. The van der Waals surface area contributed by atoms with Gasteiger partial charge in [0.05, 0.1) is 6.54 Å². The summed E-state index contributed by atoms with van der Waals surface area (Å²) >= 11 is 0. The van der Waals surface area contributed by atoms with Crippen LogP contribution in [0.4, 0.5) is 10.5 Å². The van der Waals surface area contributed by atoms with Crippen LogP contribution in [0.5, 0.6) is 0 Å². The number of amides is 1. The molecule has 3 rings (SSSR count). The van der Waals surface area contributed by atoms with Crippen molar-refractivity contribution >= 4 is 11.7 Å². The Labute approximate surface area is 96.5 Å². The standard InChI is InChI=1S/C11H10N4O2/c1-7-3-2-4-8(5-7)14-6-9-12-10(16)13-15(9)11(14)17/h2-5H,6H2,1H3,(H,13,16). The maximum atomic E-state index is 12.0. The third kappa shape index (κ3) is 1.45. The Morgan fingerprint density at radius 3 is 2.88 bits per heavy atom. The number of hydrogen-bond acceptors (Lipinski definition) is 3. The number of rotatable bonds is 1. The molecule has 2 heterocycles. The number of aromatic nitrogens is 3. The van der Waals surface area contributed by atoms with E-state index in [0.717, 1.165) is 11.3 Å². The monoisotopic (exact) mass is 230 g/mol. The summed E-state index contributed by atoms with van der Waals surface area (Å²) in [5.41, 5.74) is 1.40. The van der Waals surface area contributed by atoms with Gasteiger partial charge in [-0.15, -0.1) is 0 Å². The van der Waals surface area contributed by atoms with Gasteiger partial charge in [0.25, 0.3) is 0 Å². The topological polar surface area (TPSA) is 71.0 Å². The summed E-state index contributed by atoms with van der Waals surface area (Å²) in [6, 6.07) is 7.35. The number of aromatic amines is 1. The second-order valence-electron chi connectivity index (χ2n) is 3.99. The van der Waals surface area contributed by atoms with Gasteiger partial charge in [0.2, 0.25) is 0 Å². The summed E-state index contributed by atoms with van der Waals surface area (Å²) in [6.45, 7) is 2.28. The van der Waals surface area contributed by atoms with E-state index in [1.54, 1.807) is 4.90 Å². The number of nitrogens with zero attached hydrogens (tertiary/aromatic N) is 3. The number of carbonyl (C=O) groups is 1. The van der Waals surface area contributed by atoms with E-state index in [4.69, 9.17) is 0 Å². The number of hydrogen-bond donors (Lipinski definition) is 1. The maximum Gasteiger partial charge on any atom is 0.362 e. The molecule has 0 radical (unpaired) electrons. The molecule has 0 bridgehead atoms. The van der Waals surface area contributed by atoms with Crippen LogP contribution in [-0.4, -0.2) is 20.8 Å². The minimum atomic E-state index is -0.489. The number of aryl methyl sites for hydroxylation is 1. The zero-order valence-corrected chi connectivity index (χ0v) is 9.17. The molecular formula is C11H10N4O2. The van der Waals surface area contributed by atoms with Crippen LogP contribution in [0, 0.1) is 6.92 Å². The van der Waals surface area contributed by atoms with Crippen LogP contribution in [0.3, 0.4) is 0 Å². The molecule has 1 amide bonds. The average molecular weight is 230 g/mol. The van der Waals surface area contributed by atoms with Crippen molar-refractivity contribution in [2.24, 2.45) is 0 Å². The Bertz CT molecular complexity index is 655. The van der Waals surface area contributed by atoms with Crippen LogP contribution in [0.25, 0.3) is 0 Å². The van der Waals surface area contributed by atoms with Crippen molar-refractivity contribution in [2.75, 3.05) is 4.90 Å². The fraction of sp³-hybridized carbons (Fsp3) is 0.182. The van der Waals surface area contributed by atoms with E-state index < -0.39 is 5.69 Å². The third-order valence-electron chi connectivity index (χ3n) is 2.73. The Morgan fingerprint density at radius 2 is 2.18 bits per heavy atom. The smallest absolute Gasteiger partial charge is 0.285 e. The molecule has 0 aliphatic carbocycles. The lowest BCUT2D eigenvalue weighted by atomic mass is 10.2. The van der Waals surface area contributed by atoms with Crippen LogP contribution < -0.4 is 10.6 Å². The Balaban J connectivity index is 2.02. The summed E-state index contributed by atoms with van der Waals surface area (Å²) in [6.07, 6.45) is 0. The van der Waals surface area contributed by atoms with E-state index >= 15 is 0 Å². The molecule has 0 saturated carbocycles. The van der Waals surface area contributed by atoms with Gasteiger partial charge in [-0.25, -0.2) is 14.7 Å². The van der Waals surface area contributed by atoms with Gasteiger partial charge in [-0.3, -0.25) is 4.90 Å². The van der Waals surface area contributed by atoms with Gasteiger partial charge in [-0.2, -0.15) is 9.67 Å². The molecule has 1 aromatic carbocycles. The summed E-state index contributed by atoms with van der Waals surface area (Å²) in [5.74, 6) is 0.446. The quantitative estimate of drug-likeness (QED) is 0.790. The normalized spacial score (nSPS) is 14.2. The van der Waals surface area contributed by atoms with E-state index in [1.807, 2.05) is 31.2 Å². The van der Waals surface area contributed by atoms with Crippen molar-refractivity contribution < 1.29 is 4.79 Å². The highest BCUT2D eigenvalue weighted by Crippen LogP contribution is 2.22. The van der Waals surface area contributed by atoms with Gasteiger partial charge >= 0.3 is 11.7 Å². The Kier molecular flexibility index (Phi) is 1.91. The van der Waals surface area contributed by atoms with Crippen LogP contribution in [0.1, 0.15) is 11.4 Å². The highest BCUT2D eigenvalue weighted by atomic mass is 16.2.